The molecule has 24 heavy (non-hydrogen) atoms. The Balaban J connectivity index is 0.00000208. The van der Waals surface area contributed by atoms with E-state index < -0.39 is 0 Å². The van der Waals surface area contributed by atoms with Crippen LogP contribution in [0.5, 0.6) is 0 Å². The smallest absolute Gasteiger partial charge is 0.287 e. The van der Waals surface area contributed by atoms with E-state index in [1.807, 2.05) is 31.3 Å². The summed E-state index contributed by atoms with van der Waals surface area (Å²) < 4.78 is 5.32. The predicted molar refractivity (Wildman–Crippen MR) is 93.6 cm³/mol. The number of nitrogens with one attached hydrogen (secondary N) is 2. The third-order valence-electron chi connectivity index (χ3n) is 3.87. The Hall–Kier alpha value is -2.31. The molecule has 6 nitrogen and oxygen atoms in total. The van der Waals surface area contributed by atoms with Gasteiger partial charge in [0.05, 0.1) is 19.2 Å². The van der Waals surface area contributed by atoms with Crippen LogP contribution in [0.2, 0.25) is 0 Å². The molecule has 2 amide bonds. The third-order valence-corrected chi connectivity index (χ3v) is 3.87. The first-order valence-electron chi connectivity index (χ1n) is 7.58. The average molecular weight is 350 g/mol. The highest BCUT2D eigenvalue weighted by atomic mass is 35.5. The number of halogens is 1. The second-order valence-electron chi connectivity index (χ2n) is 5.42. The molecule has 2 N–H and O–H groups in total. The summed E-state index contributed by atoms with van der Waals surface area (Å²) in [7, 11) is 1.82. The number of hydrogen-bond donors (Lipinski definition) is 2. The summed E-state index contributed by atoms with van der Waals surface area (Å²) in [6, 6.07) is 9.45. The zero-order chi connectivity index (χ0) is 16.2. The number of likely N-dealkylation sites (N-methyl/N-ethyl adjacent to an activating group) is 1. The van der Waals surface area contributed by atoms with Crippen LogP contribution in [-0.2, 0) is 17.8 Å². The number of furan rings is 1. The molecule has 0 bridgehead atoms. The maximum absolute atomic E-state index is 12.2. The van der Waals surface area contributed by atoms with Crippen molar-refractivity contribution in [1.29, 1.82) is 0 Å². The molecule has 0 spiro atoms. The molecule has 0 saturated carbocycles. The summed E-state index contributed by atoms with van der Waals surface area (Å²) in [4.78, 5) is 26.1. The van der Waals surface area contributed by atoms with Crippen LogP contribution in [0.4, 0.5) is 5.69 Å². The molecule has 0 radical (unpaired) electrons. The Bertz CT molecular complexity index is 729. The molecule has 3 rings (SSSR count). The van der Waals surface area contributed by atoms with Crippen LogP contribution in [0.1, 0.15) is 21.7 Å². The van der Waals surface area contributed by atoms with E-state index in [9.17, 15) is 9.59 Å². The van der Waals surface area contributed by atoms with E-state index in [0.29, 0.717) is 31.6 Å². The van der Waals surface area contributed by atoms with Crippen LogP contribution < -0.4 is 15.5 Å². The molecule has 2 heterocycles. The highest BCUT2D eigenvalue weighted by Gasteiger charge is 2.28. The molecule has 1 aromatic heterocycles. The number of amides is 2. The quantitative estimate of drug-likeness (QED) is 0.779. The second-order valence-corrected chi connectivity index (χ2v) is 5.42. The van der Waals surface area contributed by atoms with Gasteiger partial charge in [-0.2, -0.15) is 0 Å². The SMILES string of the molecule is CNCCNC(=O)c1occc1CN1C(=O)Cc2ccccc21.Cl. The number of benzene rings is 1. The molecular weight excluding hydrogens is 330 g/mol. The molecule has 0 atom stereocenters. The van der Waals surface area contributed by atoms with E-state index in [0.717, 1.165) is 11.3 Å². The normalized spacial score (nSPS) is 12.7. The van der Waals surface area contributed by atoms with Crippen molar-refractivity contribution in [3.63, 3.8) is 0 Å². The average Bonchev–Trinajstić information content (AvgIpc) is 3.13. The molecule has 1 aromatic carbocycles. The van der Waals surface area contributed by atoms with Crippen LogP contribution in [0, 0.1) is 0 Å². The van der Waals surface area contributed by atoms with E-state index in [1.54, 1.807) is 11.0 Å². The Kier molecular flexibility index (Phi) is 6.00. The Labute approximate surface area is 146 Å². The van der Waals surface area contributed by atoms with Crippen molar-refractivity contribution in [2.75, 3.05) is 25.0 Å². The van der Waals surface area contributed by atoms with E-state index in [4.69, 9.17) is 4.42 Å². The van der Waals surface area contributed by atoms with Gasteiger partial charge in [0.15, 0.2) is 5.76 Å². The van der Waals surface area contributed by atoms with Crippen molar-refractivity contribution in [3.8, 4) is 0 Å². The molecular formula is C17H20ClN3O3. The maximum atomic E-state index is 12.2. The lowest BCUT2D eigenvalue weighted by Crippen LogP contribution is -2.32. The summed E-state index contributed by atoms with van der Waals surface area (Å²) in [6.07, 6.45) is 1.88. The van der Waals surface area contributed by atoms with Gasteiger partial charge in [-0.25, -0.2) is 0 Å². The van der Waals surface area contributed by atoms with Crippen LogP contribution in [-0.4, -0.2) is 32.0 Å². The summed E-state index contributed by atoms with van der Waals surface area (Å²) >= 11 is 0. The number of anilines is 1. The van der Waals surface area contributed by atoms with Gasteiger partial charge >= 0.3 is 0 Å². The number of nitrogens with zero attached hydrogens (tertiary/aromatic N) is 1. The number of carbonyl (C=O) groups excluding carboxylic acids is 2. The van der Waals surface area contributed by atoms with E-state index in [-0.39, 0.29) is 30.0 Å². The van der Waals surface area contributed by atoms with Gasteiger partial charge in [0, 0.05) is 24.3 Å². The number of para-hydroxylation sites is 1. The minimum atomic E-state index is -0.264. The fourth-order valence-corrected chi connectivity index (χ4v) is 2.70. The zero-order valence-corrected chi connectivity index (χ0v) is 14.2. The lowest BCUT2D eigenvalue weighted by molar-refractivity contribution is -0.117. The van der Waals surface area contributed by atoms with Crippen LogP contribution in [0.15, 0.2) is 41.0 Å². The standard InChI is InChI=1S/C17H19N3O3.ClH/c1-18-7-8-19-17(22)16-13(6-9-23-16)11-20-14-5-3-2-4-12(14)10-15(20)21;/h2-6,9,18H,7-8,10-11H2,1H3,(H,19,22);1H. The molecule has 1 aliphatic rings. The number of carbonyl (C=O) groups is 2. The van der Waals surface area contributed by atoms with Gasteiger partial charge in [-0.05, 0) is 24.7 Å². The van der Waals surface area contributed by atoms with E-state index in [2.05, 4.69) is 10.6 Å². The zero-order valence-electron chi connectivity index (χ0n) is 13.4. The Morgan fingerprint density at radius 2 is 2.04 bits per heavy atom. The molecule has 0 aliphatic carbocycles. The van der Waals surface area contributed by atoms with Crippen LogP contribution in [0.25, 0.3) is 0 Å². The highest BCUT2D eigenvalue weighted by molar-refractivity contribution is 6.01. The van der Waals surface area contributed by atoms with Crippen LogP contribution in [0.3, 0.4) is 0 Å². The van der Waals surface area contributed by atoms with Gasteiger partial charge in [0.1, 0.15) is 0 Å². The first-order valence-corrected chi connectivity index (χ1v) is 7.58. The maximum Gasteiger partial charge on any atom is 0.287 e. The summed E-state index contributed by atoms with van der Waals surface area (Å²) in [5.41, 5.74) is 2.62. The fraction of sp³-hybridized carbons (Fsp3) is 0.294. The van der Waals surface area contributed by atoms with Crippen molar-refractivity contribution < 1.29 is 14.0 Å². The Morgan fingerprint density at radius 1 is 1.25 bits per heavy atom. The van der Waals surface area contributed by atoms with Crippen molar-refractivity contribution in [2.45, 2.75) is 13.0 Å². The van der Waals surface area contributed by atoms with E-state index >= 15 is 0 Å². The van der Waals surface area contributed by atoms with Gasteiger partial charge in [-0.15, -0.1) is 12.4 Å². The monoisotopic (exact) mass is 349 g/mol. The first kappa shape index (κ1) is 18.0. The second kappa shape index (κ2) is 7.99. The number of hydrogen-bond acceptors (Lipinski definition) is 4. The fourth-order valence-electron chi connectivity index (χ4n) is 2.70. The van der Waals surface area contributed by atoms with Crippen molar-refractivity contribution in [2.24, 2.45) is 0 Å². The molecule has 128 valence electrons. The first-order chi connectivity index (χ1) is 11.2. The highest BCUT2D eigenvalue weighted by Crippen LogP contribution is 2.30. The van der Waals surface area contributed by atoms with Gasteiger partial charge in [-0.1, -0.05) is 18.2 Å². The van der Waals surface area contributed by atoms with Gasteiger partial charge < -0.3 is 20.0 Å². The van der Waals surface area contributed by atoms with Gasteiger partial charge in [0.2, 0.25) is 5.91 Å². The molecule has 1 aliphatic heterocycles. The summed E-state index contributed by atoms with van der Waals surface area (Å²) in [5, 5.41) is 5.74. The lowest BCUT2D eigenvalue weighted by atomic mass is 10.1. The predicted octanol–water partition coefficient (Wildman–Crippen LogP) is 1.74. The van der Waals surface area contributed by atoms with Crippen LogP contribution >= 0.6 is 12.4 Å². The van der Waals surface area contributed by atoms with E-state index in [1.165, 1.54) is 6.26 Å². The van der Waals surface area contributed by atoms with Crippen molar-refractivity contribution in [1.82, 2.24) is 10.6 Å². The topological polar surface area (TPSA) is 74.6 Å². The van der Waals surface area contributed by atoms with Gasteiger partial charge in [0.25, 0.3) is 5.91 Å². The Morgan fingerprint density at radius 3 is 2.83 bits per heavy atom. The molecule has 0 saturated heterocycles. The minimum Gasteiger partial charge on any atom is -0.459 e. The van der Waals surface area contributed by atoms with Gasteiger partial charge in [-0.3, -0.25) is 9.59 Å². The number of fused-ring (bicyclic) bond motifs is 1. The third kappa shape index (κ3) is 3.60. The minimum absolute atomic E-state index is 0. The largest absolute Gasteiger partial charge is 0.459 e. The molecule has 7 heteroatoms. The molecule has 2 aromatic rings. The summed E-state index contributed by atoms with van der Waals surface area (Å²) in [5.74, 6) is 0.0346. The molecule has 0 unspecified atom stereocenters. The summed E-state index contributed by atoms with van der Waals surface area (Å²) in [6.45, 7) is 1.53. The lowest BCUT2D eigenvalue weighted by Gasteiger charge is -2.17. The number of rotatable bonds is 6. The molecule has 0 fully saturated rings. The van der Waals surface area contributed by atoms with Crippen molar-refractivity contribution in [3.05, 3.63) is 53.5 Å². The van der Waals surface area contributed by atoms with Crippen molar-refractivity contribution >= 4 is 29.9 Å².